The van der Waals surface area contributed by atoms with Gasteiger partial charge in [0.2, 0.25) is 15.5 Å². The summed E-state index contributed by atoms with van der Waals surface area (Å²) < 4.78 is 27.9. The van der Waals surface area contributed by atoms with Gasteiger partial charge in [0.1, 0.15) is 10.4 Å². The highest BCUT2D eigenvalue weighted by atomic mass is 35.5. The lowest BCUT2D eigenvalue weighted by Crippen LogP contribution is -2.33. The van der Waals surface area contributed by atoms with Crippen LogP contribution in [0.25, 0.3) is 10.2 Å². The minimum atomic E-state index is -3.74. The van der Waals surface area contributed by atoms with Gasteiger partial charge in [0, 0.05) is 42.8 Å². The first kappa shape index (κ1) is 28.5. The molecular weight excluding hydrogens is 560 g/mol. The summed E-state index contributed by atoms with van der Waals surface area (Å²) in [5.41, 5.74) is 1.10. The highest BCUT2D eigenvalue weighted by molar-refractivity contribution is 7.88. The molecule has 2 heterocycles. The monoisotopic (exact) mass is 584 g/mol. The Hall–Kier alpha value is -3.53. The van der Waals surface area contributed by atoms with E-state index < -0.39 is 27.5 Å². The number of hydrogen-bond donors (Lipinski definition) is 2. The van der Waals surface area contributed by atoms with Crippen molar-refractivity contribution in [2.75, 3.05) is 12.8 Å². The van der Waals surface area contributed by atoms with Crippen molar-refractivity contribution in [3.05, 3.63) is 103 Å². The molecule has 0 bridgehead atoms. The van der Waals surface area contributed by atoms with Crippen molar-refractivity contribution in [3.8, 4) is 6.07 Å². The second-order valence-corrected chi connectivity index (χ2v) is 12.6. The summed E-state index contributed by atoms with van der Waals surface area (Å²) in [6.07, 6.45) is 1.34. The smallest absolute Gasteiger partial charge is 0.257 e. The number of fused-ring (bicyclic) bond motifs is 1. The Bertz CT molecular complexity index is 1740. The fourth-order valence-corrected chi connectivity index (χ4v) is 6.13. The molecule has 1 atom stereocenters. The SMILES string of the molecule is Cn1cc(C(=O)NCc2ccc(Cl)cc2)c(=O)c2cc(CN(C[C@@H](O)c3cccc(C#N)c3)S(C)(=O)=O)sc21. The van der Waals surface area contributed by atoms with Gasteiger partial charge >= 0.3 is 0 Å². The number of nitrogens with one attached hydrogen (secondary N) is 1. The number of rotatable bonds is 9. The number of carbonyl (C=O) groups excluding carboxylic acids is 1. The number of nitriles is 1. The van der Waals surface area contributed by atoms with Crippen LogP contribution >= 0.6 is 22.9 Å². The predicted molar refractivity (Wildman–Crippen MR) is 151 cm³/mol. The third kappa shape index (κ3) is 6.73. The first-order chi connectivity index (χ1) is 18.5. The van der Waals surface area contributed by atoms with Crippen LogP contribution in [0.5, 0.6) is 0 Å². The van der Waals surface area contributed by atoms with Crippen molar-refractivity contribution < 1.29 is 18.3 Å². The lowest BCUT2D eigenvalue weighted by molar-refractivity contribution is 0.0949. The van der Waals surface area contributed by atoms with Crippen LogP contribution in [0.4, 0.5) is 0 Å². The number of hydrogen-bond acceptors (Lipinski definition) is 7. The van der Waals surface area contributed by atoms with Gasteiger partial charge in [0.05, 0.1) is 29.4 Å². The average Bonchev–Trinajstić information content (AvgIpc) is 3.34. The van der Waals surface area contributed by atoms with Gasteiger partial charge in [-0.3, -0.25) is 9.59 Å². The van der Waals surface area contributed by atoms with E-state index in [-0.39, 0.29) is 25.2 Å². The lowest BCUT2D eigenvalue weighted by Gasteiger charge is -2.22. The molecule has 0 aliphatic heterocycles. The summed E-state index contributed by atoms with van der Waals surface area (Å²) >= 11 is 7.13. The number of pyridine rings is 1. The van der Waals surface area contributed by atoms with Crippen LogP contribution in [-0.4, -0.2) is 41.1 Å². The Morgan fingerprint density at radius 3 is 2.62 bits per heavy atom. The highest BCUT2D eigenvalue weighted by Gasteiger charge is 2.24. The predicted octanol–water partition coefficient (Wildman–Crippen LogP) is 3.55. The van der Waals surface area contributed by atoms with Gasteiger partial charge in [-0.25, -0.2) is 8.42 Å². The van der Waals surface area contributed by atoms with Crippen molar-refractivity contribution in [2.24, 2.45) is 7.05 Å². The van der Waals surface area contributed by atoms with Crippen LogP contribution in [0, 0.1) is 11.3 Å². The number of carbonyl (C=O) groups is 1. The molecule has 0 fully saturated rings. The van der Waals surface area contributed by atoms with Crippen molar-refractivity contribution in [1.29, 1.82) is 5.26 Å². The first-order valence-electron chi connectivity index (χ1n) is 11.7. The van der Waals surface area contributed by atoms with Crippen molar-refractivity contribution in [2.45, 2.75) is 19.2 Å². The van der Waals surface area contributed by atoms with E-state index in [2.05, 4.69) is 5.32 Å². The number of aryl methyl sites for hydroxylation is 1. The summed E-state index contributed by atoms with van der Waals surface area (Å²) in [5, 5.41) is 23.4. The fourth-order valence-electron chi connectivity index (χ4n) is 4.04. The standard InChI is InChI=1S/C27H25ClN4O5S2/c1-31-15-23(26(35)30-13-17-6-8-20(28)9-7-17)25(34)22-11-21(38-27(22)31)14-32(39(2,36)37)16-24(33)19-5-3-4-18(10-19)12-29/h3-11,15,24,33H,13-14,16H2,1-2H3,(H,30,35)/t24-/m1/s1. The van der Waals surface area contributed by atoms with Crippen LogP contribution in [0.3, 0.4) is 0 Å². The minimum Gasteiger partial charge on any atom is -0.387 e. The number of sulfonamides is 1. The van der Waals surface area contributed by atoms with E-state index in [9.17, 15) is 23.1 Å². The summed E-state index contributed by atoms with van der Waals surface area (Å²) in [4.78, 5) is 27.2. The molecule has 0 saturated heterocycles. The number of benzene rings is 2. The van der Waals surface area contributed by atoms with E-state index >= 15 is 0 Å². The lowest BCUT2D eigenvalue weighted by atomic mass is 10.1. The summed E-state index contributed by atoms with van der Waals surface area (Å²) in [6, 6.07) is 16.9. The summed E-state index contributed by atoms with van der Waals surface area (Å²) in [6.45, 7) is -0.101. The van der Waals surface area contributed by atoms with Gasteiger partial charge < -0.3 is 15.0 Å². The molecule has 0 aliphatic carbocycles. The van der Waals surface area contributed by atoms with Crippen molar-refractivity contribution in [3.63, 3.8) is 0 Å². The number of aromatic nitrogens is 1. The molecule has 9 nitrogen and oxygen atoms in total. The van der Waals surface area contributed by atoms with Gasteiger partial charge in [-0.1, -0.05) is 35.9 Å². The molecule has 0 spiro atoms. The molecule has 202 valence electrons. The molecule has 0 aliphatic rings. The molecule has 0 radical (unpaired) electrons. The van der Waals surface area contributed by atoms with Crippen LogP contribution in [0.1, 0.15) is 38.0 Å². The third-order valence-electron chi connectivity index (χ3n) is 6.09. The largest absolute Gasteiger partial charge is 0.387 e. The quantitative estimate of drug-likeness (QED) is 0.309. The Balaban J connectivity index is 1.57. The molecule has 2 aromatic heterocycles. The van der Waals surface area contributed by atoms with Gasteiger partial charge in [0.15, 0.2) is 0 Å². The fraction of sp³-hybridized carbons (Fsp3) is 0.222. The Kier molecular flexibility index (Phi) is 8.54. The molecule has 4 aromatic rings. The maximum Gasteiger partial charge on any atom is 0.257 e. The van der Waals surface area contributed by atoms with Crippen LogP contribution in [0.15, 0.2) is 65.6 Å². The number of aliphatic hydroxyl groups excluding tert-OH is 1. The second kappa shape index (κ2) is 11.7. The van der Waals surface area contributed by atoms with E-state index in [1.54, 1.807) is 60.1 Å². The Morgan fingerprint density at radius 1 is 1.23 bits per heavy atom. The van der Waals surface area contributed by atoms with Gasteiger partial charge in [0.25, 0.3) is 5.91 Å². The number of amides is 1. The molecule has 2 aromatic carbocycles. The minimum absolute atomic E-state index is 0.0314. The van der Waals surface area contributed by atoms with E-state index in [1.807, 2.05) is 6.07 Å². The number of nitrogens with zero attached hydrogens (tertiary/aromatic N) is 3. The van der Waals surface area contributed by atoms with E-state index in [0.29, 0.717) is 31.2 Å². The molecule has 39 heavy (non-hydrogen) atoms. The maximum atomic E-state index is 13.2. The number of aliphatic hydroxyl groups is 1. The molecule has 12 heteroatoms. The third-order valence-corrected chi connectivity index (χ3v) is 8.76. The van der Waals surface area contributed by atoms with E-state index in [4.69, 9.17) is 16.9 Å². The Morgan fingerprint density at radius 2 is 1.95 bits per heavy atom. The first-order valence-corrected chi connectivity index (χ1v) is 14.8. The van der Waals surface area contributed by atoms with E-state index in [0.717, 1.165) is 16.1 Å². The van der Waals surface area contributed by atoms with Gasteiger partial charge in [-0.2, -0.15) is 9.57 Å². The van der Waals surface area contributed by atoms with Crippen LogP contribution in [0.2, 0.25) is 5.02 Å². The molecule has 4 rings (SSSR count). The average molecular weight is 585 g/mol. The zero-order valence-corrected chi connectivity index (χ0v) is 23.5. The zero-order valence-electron chi connectivity index (χ0n) is 21.1. The number of thiophene rings is 1. The molecule has 0 unspecified atom stereocenters. The second-order valence-electron chi connectivity index (χ2n) is 9.03. The highest BCUT2D eigenvalue weighted by Crippen LogP contribution is 2.27. The molecule has 0 saturated carbocycles. The van der Waals surface area contributed by atoms with Crippen LogP contribution in [-0.2, 0) is 30.2 Å². The van der Waals surface area contributed by atoms with Gasteiger partial charge in [-0.15, -0.1) is 11.3 Å². The topological polar surface area (TPSA) is 132 Å². The maximum absolute atomic E-state index is 13.2. The Labute approximate surface area is 234 Å². The van der Waals surface area contributed by atoms with E-state index in [1.165, 1.54) is 23.6 Å². The van der Waals surface area contributed by atoms with Crippen molar-refractivity contribution >= 4 is 49.1 Å². The van der Waals surface area contributed by atoms with Gasteiger partial charge in [-0.05, 0) is 41.5 Å². The summed E-state index contributed by atoms with van der Waals surface area (Å²) in [7, 11) is -2.03. The summed E-state index contributed by atoms with van der Waals surface area (Å²) in [5.74, 6) is -0.527. The van der Waals surface area contributed by atoms with Crippen molar-refractivity contribution in [1.82, 2.24) is 14.2 Å². The molecule has 1 amide bonds. The normalized spacial score (nSPS) is 12.4. The zero-order chi connectivity index (χ0) is 28.3. The van der Waals surface area contributed by atoms with Crippen LogP contribution < -0.4 is 10.7 Å². The molecular formula is C27H25ClN4O5S2. The number of halogens is 1. The molecule has 2 N–H and O–H groups in total.